The average Bonchev–Trinajstić information content (AvgIpc) is 2.96. The highest BCUT2D eigenvalue weighted by Crippen LogP contribution is 2.34. The number of carboxylic acids is 1. The summed E-state index contributed by atoms with van der Waals surface area (Å²) in [6.45, 7) is 6.27. The molecule has 0 amide bonds. The zero-order valence-corrected chi connectivity index (χ0v) is 22.0. The maximum Gasteiger partial charge on any atom is 0.328 e. The maximum absolute atomic E-state index is 10.8. The van der Waals surface area contributed by atoms with Crippen molar-refractivity contribution in [2.24, 2.45) is 5.92 Å². The van der Waals surface area contributed by atoms with Crippen molar-refractivity contribution >= 4 is 22.8 Å². The molecule has 1 aliphatic rings. The molecular formula is C34H36N2O2. The van der Waals surface area contributed by atoms with Crippen molar-refractivity contribution < 1.29 is 9.90 Å². The molecule has 0 aromatic heterocycles. The highest BCUT2D eigenvalue weighted by atomic mass is 16.4. The number of fused-ring (bicyclic) bond motifs is 1. The number of piperidine rings is 1. The number of hydrogen-bond donors (Lipinski definition) is 2. The van der Waals surface area contributed by atoms with Crippen LogP contribution in [0, 0.1) is 5.92 Å². The Morgan fingerprint density at radius 2 is 1.71 bits per heavy atom. The predicted molar refractivity (Wildman–Crippen MR) is 156 cm³/mol. The third-order valence-corrected chi connectivity index (χ3v) is 7.85. The van der Waals surface area contributed by atoms with Crippen LogP contribution in [0.4, 0.5) is 0 Å². The first kappa shape index (κ1) is 25.9. The second-order valence-electron chi connectivity index (χ2n) is 10.4. The molecule has 2 unspecified atom stereocenters. The van der Waals surface area contributed by atoms with Gasteiger partial charge in [0.25, 0.3) is 0 Å². The zero-order chi connectivity index (χ0) is 26.3. The predicted octanol–water partition coefficient (Wildman–Crippen LogP) is 6.89. The summed E-state index contributed by atoms with van der Waals surface area (Å²) in [5.41, 5.74) is 4.93. The summed E-state index contributed by atoms with van der Waals surface area (Å²) in [7, 11) is 0. The van der Waals surface area contributed by atoms with Crippen molar-refractivity contribution in [2.75, 3.05) is 19.6 Å². The molecule has 1 fully saturated rings. The molecule has 2 N–H and O–H groups in total. The lowest BCUT2D eigenvalue weighted by molar-refractivity contribution is -0.131. The Kier molecular flexibility index (Phi) is 8.32. The first-order chi connectivity index (χ1) is 18.6. The van der Waals surface area contributed by atoms with Crippen LogP contribution >= 0.6 is 0 Å². The van der Waals surface area contributed by atoms with Crippen LogP contribution in [0.2, 0.25) is 0 Å². The van der Waals surface area contributed by atoms with E-state index in [0.717, 1.165) is 38.2 Å². The molecule has 0 saturated carbocycles. The van der Waals surface area contributed by atoms with E-state index in [1.807, 2.05) is 12.1 Å². The second-order valence-corrected chi connectivity index (χ2v) is 10.4. The van der Waals surface area contributed by atoms with E-state index < -0.39 is 5.97 Å². The van der Waals surface area contributed by atoms with Gasteiger partial charge in [-0.2, -0.15) is 0 Å². The van der Waals surface area contributed by atoms with E-state index >= 15 is 0 Å². The average molecular weight is 505 g/mol. The minimum atomic E-state index is -0.926. The van der Waals surface area contributed by atoms with E-state index in [1.54, 1.807) is 6.08 Å². The topological polar surface area (TPSA) is 52.6 Å². The van der Waals surface area contributed by atoms with E-state index in [2.05, 4.69) is 102 Å². The fourth-order valence-corrected chi connectivity index (χ4v) is 5.76. The van der Waals surface area contributed by atoms with Crippen LogP contribution in [-0.4, -0.2) is 35.6 Å². The highest BCUT2D eigenvalue weighted by molar-refractivity contribution is 5.86. The number of carbonyl (C=O) groups is 1. The summed E-state index contributed by atoms with van der Waals surface area (Å²) in [5, 5.41) is 15.4. The van der Waals surface area contributed by atoms with E-state index in [4.69, 9.17) is 5.11 Å². The van der Waals surface area contributed by atoms with Gasteiger partial charge in [0.15, 0.2) is 0 Å². The monoisotopic (exact) mass is 504 g/mol. The van der Waals surface area contributed by atoms with Gasteiger partial charge in [0.2, 0.25) is 0 Å². The lowest BCUT2D eigenvalue weighted by Crippen LogP contribution is -2.42. The van der Waals surface area contributed by atoms with E-state index in [1.165, 1.54) is 33.5 Å². The van der Waals surface area contributed by atoms with Gasteiger partial charge in [0, 0.05) is 31.1 Å². The summed E-state index contributed by atoms with van der Waals surface area (Å²) in [5.74, 6) is 0.106. The zero-order valence-electron chi connectivity index (χ0n) is 22.0. The molecule has 4 aromatic rings. The summed E-state index contributed by atoms with van der Waals surface area (Å²) in [4.78, 5) is 13.3. The van der Waals surface area contributed by atoms with Gasteiger partial charge in [-0.25, -0.2) is 4.79 Å². The summed E-state index contributed by atoms with van der Waals surface area (Å²) in [6.07, 6.45) is 3.96. The van der Waals surface area contributed by atoms with E-state index in [0.29, 0.717) is 11.8 Å². The number of rotatable bonds is 9. The van der Waals surface area contributed by atoms with E-state index in [-0.39, 0.29) is 6.04 Å². The van der Waals surface area contributed by atoms with Crippen molar-refractivity contribution in [3.05, 3.63) is 125 Å². The molecule has 0 bridgehead atoms. The molecule has 1 aliphatic heterocycles. The molecule has 1 saturated heterocycles. The van der Waals surface area contributed by atoms with Crippen LogP contribution in [0.1, 0.15) is 47.6 Å². The highest BCUT2D eigenvalue weighted by Gasteiger charge is 2.30. The largest absolute Gasteiger partial charge is 0.478 e. The Bertz CT molecular complexity index is 1380. The van der Waals surface area contributed by atoms with E-state index in [9.17, 15) is 4.79 Å². The quantitative estimate of drug-likeness (QED) is 0.244. The van der Waals surface area contributed by atoms with Gasteiger partial charge in [-0.05, 0) is 71.5 Å². The Balaban J connectivity index is 1.26. The van der Waals surface area contributed by atoms with Crippen LogP contribution in [0.5, 0.6) is 0 Å². The number of nitrogens with zero attached hydrogens (tertiary/aromatic N) is 1. The smallest absolute Gasteiger partial charge is 0.328 e. The van der Waals surface area contributed by atoms with Gasteiger partial charge < -0.3 is 10.4 Å². The SMILES string of the molecule is C[C@@H](NCC1CCN(Cc2ccc(C=CC(=O)O)cc2)CC1c1ccccc1)c1cccc2ccccc12. The van der Waals surface area contributed by atoms with Gasteiger partial charge in [0.1, 0.15) is 0 Å². The van der Waals surface area contributed by atoms with Crippen LogP contribution < -0.4 is 5.32 Å². The fraction of sp³-hybridized carbons (Fsp3) is 0.265. The minimum Gasteiger partial charge on any atom is -0.478 e. The normalized spacial score (nSPS) is 19.1. The fourth-order valence-electron chi connectivity index (χ4n) is 5.76. The van der Waals surface area contributed by atoms with Crippen LogP contribution in [0.15, 0.2) is 103 Å². The molecule has 0 aliphatic carbocycles. The molecule has 1 heterocycles. The molecule has 3 atom stereocenters. The molecular weight excluding hydrogens is 468 g/mol. The van der Waals surface area contributed by atoms with Gasteiger partial charge in [-0.3, -0.25) is 4.90 Å². The number of likely N-dealkylation sites (tertiary alicyclic amines) is 1. The molecule has 38 heavy (non-hydrogen) atoms. The molecule has 5 rings (SSSR count). The molecule has 0 radical (unpaired) electrons. The standard InChI is InChI=1S/C34H36N2O2/c1-25(31-13-7-11-28-10-5-6-12-32(28)31)35-22-30-20-21-36(24-33(30)29-8-3-2-4-9-29)23-27-16-14-26(15-17-27)18-19-34(37)38/h2-19,25,30,33,35H,20-24H2,1H3,(H,37,38)/t25-,30?,33?/m1/s1. The van der Waals surface area contributed by atoms with Crippen LogP contribution in [-0.2, 0) is 11.3 Å². The van der Waals surface area contributed by atoms with Crippen molar-refractivity contribution in [1.29, 1.82) is 0 Å². The Hall–Kier alpha value is -3.73. The van der Waals surface area contributed by atoms with Crippen molar-refractivity contribution in [2.45, 2.75) is 31.8 Å². The Labute approximate surface area is 225 Å². The van der Waals surface area contributed by atoms with Crippen LogP contribution in [0.25, 0.3) is 16.8 Å². The number of hydrogen-bond acceptors (Lipinski definition) is 3. The van der Waals surface area contributed by atoms with Gasteiger partial charge >= 0.3 is 5.97 Å². The Morgan fingerprint density at radius 3 is 2.50 bits per heavy atom. The van der Waals surface area contributed by atoms with Crippen molar-refractivity contribution in [3.63, 3.8) is 0 Å². The number of benzene rings is 4. The number of aliphatic carboxylic acids is 1. The minimum absolute atomic E-state index is 0.282. The third-order valence-electron chi connectivity index (χ3n) is 7.85. The molecule has 4 nitrogen and oxygen atoms in total. The number of nitrogens with one attached hydrogen (secondary N) is 1. The van der Waals surface area contributed by atoms with Crippen LogP contribution in [0.3, 0.4) is 0 Å². The maximum atomic E-state index is 10.8. The summed E-state index contributed by atoms with van der Waals surface area (Å²) >= 11 is 0. The third kappa shape index (κ3) is 6.39. The first-order valence-corrected chi connectivity index (χ1v) is 13.5. The molecule has 194 valence electrons. The molecule has 4 aromatic carbocycles. The number of carboxylic acid groups (broad SMARTS) is 1. The molecule has 0 spiro atoms. The van der Waals surface area contributed by atoms with Gasteiger partial charge in [-0.15, -0.1) is 0 Å². The van der Waals surface area contributed by atoms with Gasteiger partial charge in [-0.1, -0.05) is 97.1 Å². The lowest BCUT2D eigenvalue weighted by Gasteiger charge is -2.39. The second kappa shape index (κ2) is 12.2. The summed E-state index contributed by atoms with van der Waals surface area (Å²) in [6, 6.07) is 34.7. The lowest BCUT2D eigenvalue weighted by atomic mass is 9.80. The Morgan fingerprint density at radius 1 is 0.974 bits per heavy atom. The first-order valence-electron chi connectivity index (χ1n) is 13.5. The molecule has 4 heteroatoms. The van der Waals surface area contributed by atoms with Crippen molar-refractivity contribution in [3.8, 4) is 0 Å². The van der Waals surface area contributed by atoms with Crippen molar-refractivity contribution in [1.82, 2.24) is 10.2 Å². The summed E-state index contributed by atoms with van der Waals surface area (Å²) < 4.78 is 0. The van der Waals surface area contributed by atoms with Gasteiger partial charge in [0.05, 0.1) is 0 Å².